The first-order chi connectivity index (χ1) is 15.9. The number of carbonyl (C=O) groups is 1. The monoisotopic (exact) mass is 442 g/mol. The van der Waals surface area contributed by atoms with Crippen molar-refractivity contribution in [3.05, 3.63) is 124 Å². The summed E-state index contributed by atoms with van der Waals surface area (Å²) in [5.74, 6) is -0.254. The van der Waals surface area contributed by atoms with E-state index in [0.717, 1.165) is 0 Å². The van der Waals surface area contributed by atoms with Crippen LogP contribution in [0.15, 0.2) is 139 Å². The van der Waals surface area contributed by atoms with Gasteiger partial charge in [-0.1, -0.05) is 45.5 Å². The van der Waals surface area contributed by atoms with Crippen molar-refractivity contribution in [2.24, 2.45) is 15.3 Å². The molecule has 7 nitrogen and oxygen atoms in total. The molecule has 170 valence electrons. The van der Waals surface area contributed by atoms with E-state index in [1.807, 2.05) is 0 Å². The number of amides is 1. The van der Waals surface area contributed by atoms with Crippen molar-refractivity contribution in [1.29, 1.82) is 5.41 Å². The molecule has 3 N–H and O–H groups in total. The van der Waals surface area contributed by atoms with Crippen molar-refractivity contribution in [3.8, 4) is 0 Å². The lowest BCUT2D eigenvalue weighted by atomic mass is 10.2. The van der Waals surface area contributed by atoms with Gasteiger partial charge in [-0.3, -0.25) is 10.2 Å². The standard InChI is InChI=1S/C26H30N6O/c1-8-20(26(33)28-7)14-16-22(10-3)29-31-24(12-5)18-19-25(13-6)32-30-23(11-4)17-15-21(27)9-2/h8-19,27,29H,1-6H2,7H3,(H,28,33)/b17-15?,19-18?,20-14+,22-16+,27-21?,30-23?,31-24?,32-25?. The summed E-state index contributed by atoms with van der Waals surface area (Å²) in [5, 5.41) is 22.5. The van der Waals surface area contributed by atoms with Gasteiger partial charge in [0.25, 0.3) is 5.91 Å². The molecule has 0 aromatic heterocycles. The highest BCUT2D eigenvalue weighted by Crippen LogP contribution is 2.00. The van der Waals surface area contributed by atoms with Gasteiger partial charge in [-0.05, 0) is 66.8 Å². The van der Waals surface area contributed by atoms with Crippen LogP contribution in [0.5, 0.6) is 0 Å². The molecule has 0 saturated heterocycles. The number of hydrogen-bond donors (Lipinski definition) is 3. The summed E-state index contributed by atoms with van der Waals surface area (Å²) >= 11 is 0. The normalized spacial score (nSPS) is 13.4. The first-order valence-electron chi connectivity index (χ1n) is 9.71. The number of nitrogens with one attached hydrogen (secondary N) is 3. The van der Waals surface area contributed by atoms with E-state index in [1.165, 1.54) is 30.4 Å². The van der Waals surface area contributed by atoms with Crippen LogP contribution in [0.4, 0.5) is 0 Å². The third-order valence-corrected chi connectivity index (χ3v) is 3.67. The van der Waals surface area contributed by atoms with Gasteiger partial charge < -0.3 is 10.7 Å². The Bertz CT molecular complexity index is 1010. The number of hydrogen-bond acceptors (Lipinski definition) is 6. The summed E-state index contributed by atoms with van der Waals surface area (Å²) in [4.78, 5) is 11.7. The Morgan fingerprint density at radius 2 is 1.27 bits per heavy atom. The van der Waals surface area contributed by atoms with E-state index in [9.17, 15) is 4.79 Å². The number of rotatable bonds is 15. The molecule has 0 atom stereocenters. The second-order valence-corrected chi connectivity index (χ2v) is 5.87. The van der Waals surface area contributed by atoms with Crippen molar-refractivity contribution >= 4 is 28.8 Å². The van der Waals surface area contributed by atoms with E-state index in [2.05, 4.69) is 65.5 Å². The molecular formula is C26H30N6O. The highest BCUT2D eigenvalue weighted by atomic mass is 16.1. The zero-order valence-corrected chi connectivity index (χ0v) is 18.9. The predicted molar refractivity (Wildman–Crippen MR) is 143 cm³/mol. The van der Waals surface area contributed by atoms with E-state index in [1.54, 1.807) is 49.6 Å². The maximum Gasteiger partial charge on any atom is 0.250 e. The first-order valence-corrected chi connectivity index (χ1v) is 9.71. The molecular weight excluding hydrogens is 412 g/mol. The Morgan fingerprint density at radius 1 is 0.727 bits per heavy atom. The second kappa shape index (κ2) is 17.1. The minimum atomic E-state index is -0.254. The van der Waals surface area contributed by atoms with Crippen LogP contribution in [0.3, 0.4) is 0 Å². The predicted octanol–water partition coefficient (Wildman–Crippen LogP) is 4.53. The van der Waals surface area contributed by atoms with Gasteiger partial charge in [-0.15, -0.1) is 0 Å². The fourth-order valence-electron chi connectivity index (χ4n) is 1.81. The fourth-order valence-corrected chi connectivity index (χ4v) is 1.81. The molecule has 0 radical (unpaired) electrons. The van der Waals surface area contributed by atoms with Gasteiger partial charge >= 0.3 is 0 Å². The summed E-state index contributed by atoms with van der Waals surface area (Å²) in [6.07, 6.45) is 18.7. The lowest BCUT2D eigenvalue weighted by Gasteiger charge is -2.02. The smallest absolute Gasteiger partial charge is 0.250 e. The van der Waals surface area contributed by atoms with Gasteiger partial charge in [0.2, 0.25) is 0 Å². The van der Waals surface area contributed by atoms with Crippen LogP contribution in [0.1, 0.15) is 0 Å². The molecule has 0 fully saturated rings. The van der Waals surface area contributed by atoms with Gasteiger partial charge in [0.15, 0.2) is 0 Å². The number of nitrogens with zero attached hydrogens (tertiary/aromatic N) is 3. The fraction of sp³-hybridized carbons (Fsp3) is 0.0385. The Labute approximate surface area is 196 Å². The maximum atomic E-state index is 11.7. The van der Waals surface area contributed by atoms with E-state index in [4.69, 9.17) is 5.41 Å². The molecule has 0 aromatic rings. The Hall–Kier alpha value is -4.65. The SMILES string of the molecule is C=CC(=N)C=CC(C=C)=NN=C(C=C)C=CC(C=C)=NN/C(C=C)=C/C=C(\C=C)C(=O)NC. The minimum absolute atomic E-state index is 0.245. The topological polar surface area (TPSA) is 102 Å². The van der Waals surface area contributed by atoms with E-state index in [0.29, 0.717) is 28.4 Å². The van der Waals surface area contributed by atoms with Crippen LogP contribution in [0, 0.1) is 5.41 Å². The van der Waals surface area contributed by atoms with Crippen molar-refractivity contribution in [2.45, 2.75) is 0 Å². The van der Waals surface area contributed by atoms with Crippen LogP contribution in [-0.4, -0.2) is 35.8 Å². The Balaban J connectivity index is 5.60. The molecule has 0 rings (SSSR count). The summed E-state index contributed by atoms with van der Waals surface area (Å²) < 4.78 is 0. The highest BCUT2D eigenvalue weighted by molar-refractivity contribution is 6.13. The molecule has 0 saturated carbocycles. The van der Waals surface area contributed by atoms with Gasteiger partial charge in [0.1, 0.15) is 0 Å². The molecule has 0 heterocycles. The maximum absolute atomic E-state index is 11.7. The van der Waals surface area contributed by atoms with Crippen LogP contribution in [0.2, 0.25) is 0 Å². The molecule has 0 unspecified atom stereocenters. The van der Waals surface area contributed by atoms with E-state index >= 15 is 0 Å². The molecule has 33 heavy (non-hydrogen) atoms. The van der Waals surface area contributed by atoms with Crippen molar-refractivity contribution < 1.29 is 4.79 Å². The van der Waals surface area contributed by atoms with Crippen molar-refractivity contribution in [2.75, 3.05) is 7.05 Å². The first kappa shape index (κ1) is 28.4. The summed E-state index contributed by atoms with van der Waals surface area (Å²) in [6, 6.07) is 0. The molecule has 0 spiro atoms. The molecule has 0 aliphatic carbocycles. The molecule has 0 bridgehead atoms. The molecule has 7 heteroatoms. The minimum Gasteiger partial charge on any atom is -0.355 e. The van der Waals surface area contributed by atoms with Crippen molar-refractivity contribution in [3.63, 3.8) is 0 Å². The lowest BCUT2D eigenvalue weighted by Crippen LogP contribution is -2.18. The van der Waals surface area contributed by atoms with Gasteiger partial charge in [0, 0.05) is 12.6 Å². The van der Waals surface area contributed by atoms with Gasteiger partial charge in [0.05, 0.1) is 28.5 Å². The molecule has 0 aromatic carbocycles. The highest BCUT2D eigenvalue weighted by Gasteiger charge is 2.00. The quantitative estimate of drug-likeness (QED) is 0.150. The largest absolute Gasteiger partial charge is 0.355 e. The summed E-state index contributed by atoms with van der Waals surface area (Å²) in [6.45, 7) is 22.0. The average Bonchev–Trinajstić information content (AvgIpc) is 2.85. The number of allylic oxidation sites excluding steroid dienone is 11. The molecule has 0 aliphatic rings. The zero-order valence-electron chi connectivity index (χ0n) is 18.9. The summed E-state index contributed by atoms with van der Waals surface area (Å²) in [7, 11) is 1.54. The van der Waals surface area contributed by atoms with Crippen LogP contribution < -0.4 is 10.7 Å². The van der Waals surface area contributed by atoms with E-state index < -0.39 is 0 Å². The number of hydrazone groups is 1. The molecule has 1 amide bonds. The van der Waals surface area contributed by atoms with Gasteiger partial charge in [-0.2, -0.15) is 15.3 Å². The second-order valence-electron chi connectivity index (χ2n) is 5.87. The zero-order chi connectivity index (χ0) is 25.1. The Kier molecular flexibility index (Phi) is 14.7. The Morgan fingerprint density at radius 3 is 1.73 bits per heavy atom. The third kappa shape index (κ3) is 12.0. The lowest BCUT2D eigenvalue weighted by molar-refractivity contribution is -0.116. The molecule has 0 aliphatic heterocycles. The van der Waals surface area contributed by atoms with Crippen LogP contribution >= 0.6 is 0 Å². The van der Waals surface area contributed by atoms with E-state index in [-0.39, 0.29) is 11.6 Å². The number of carbonyl (C=O) groups excluding carboxylic acids is 1. The van der Waals surface area contributed by atoms with Crippen LogP contribution in [-0.2, 0) is 4.79 Å². The van der Waals surface area contributed by atoms with Crippen molar-refractivity contribution in [1.82, 2.24) is 10.7 Å². The number of likely N-dealkylation sites (N-methyl/N-ethyl adjacent to an activating group) is 1. The average molecular weight is 443 g/mol. The van der Waals surface area contributed by atoms with Gasteiger partial charge in [-0.25, -0.2) is 0 Å². The van der Waals surface area contributed by atoms with Crippen LogP contribution in [0.25, 0.3) is 0 Å². The third-order valence-electron chi connectivity index (χ3n) is 3.67. The summed E-state index contributed by atoms with van der Waals surface area (Å²) in [5.41, 5.74) is 5.49.